The minimum Gasteiger partial charge on any atom is -0.368 e. The Bertz CT molecular complexity index is 396. The zero-order valence-electron chi connectivity index (χ0n) is 9.13. The third-order valence-corrected chi connectivity index (χ3v) is 2.37. The first kappa shape index (κ1) is 12.6. The van der Waals surface area contributed by atoms with Crippen molar-refractivity contribution in [2.75, 3.05) is 0 Å². The molecule has 0 spiro atoms. The van der Waals surface area contributed by atoms with Gasteiger partial charge in [0.1, 0.15) is 0 Å². The normalized spacial score (nSPS) is 14.5. The summed E-state index contributed by atoms with van der Waals surface area (Å²) in [6.07, 6.45) is 0. The monoisotopic (exact) mass is 228 g/mol. The predicted octanol–water partition coefficient (Wildman–Crippen LogP) is 1.49. The van der Waals surface area contributed by atoms with Crippen molar-refractivity contribution in [3.8, 4) is 0 Å². The van der Waals surface area contributed by atoms with Gasteiger partial charge in [0.05, 0.1) is 6.04 Å². The van der Waals surface area contributed by atoms with Gasteiger partial charge in [0.15, 0.2) is 11.6 Å². The summed E-state index contributed by atoms with van der Waals surface area (Å²) in [5.74, 6) is -2.29. The first-order valence-corrected chi connectivity index (χ1v) is 4.92. The Morgan fingerprint density at radius 3 is 2.44 bits per heavy atom. The third-order valence-electron chi connectivity index (χ3n) is 2.37. The molecule has 0 radical (unpaired) electrons. The van der Waals surface area contributed by atoms with Crippen molar-refractivity contribution < 1.29 is 13.6 Å². The standard InChI is InChI=1S/C11H14F2N2O/c1-6(15-7(2)11(14)16)8-3-4-9(12)10(13)5-8/h3-7,15H,1-2H3,(H2,14,16)/t6-,7-/m0/s1. The number of nitrogens with two attached hydrogens (primary N) is 1. The van der Waals surface area contributed by atoms with E-state index in [-0.39, 0.29) is 6.04 Å². The highest BCUT2D eigenvalue weighted by Crippen LogP contribution is 2.16. The fraction of sp³-hybridized carbons (Fsp3) is 0.364. The average molecular weight is 228 g/mol. The molecule has 0 aliphatic rings. The average Bonchev–Trinajstić information content (AvgIpc) is 2.21. The fourth-order valence-electron chi connectivity index (χ4n) is 1.34. The van der Waals surface area contributed by atoms with Crippen LogP contribution in [0.4, 0.5) is 8.78 Å². The maximum absolute atomic E-state index is 12.9. The second-order valence-corrected chi connectivity index (χ2v) is 3.69. The van der Waals surface area contributed by atoms with E-state index in [4.69, 9.17) is 5.73 Å². The van der Waals surface area contributed by atoms with Crippen LogP contribution < -0.4 is 11.1 Å². The van der Waals surface area contributed by atoms with Crippen molar-refractivity contribution in [2.45, 2.75) is 25.9 Å². The van der Waals surface area contributed by atoms with E-state index in [1.165, 1.54) is 6.07 Å². The van der Waals surface area contributed by atoms with E-state index in [1.54, 1.807) is 13.8 Å². The predicted molar refractivity (Wildman–Crippen MR) is 56.6 cm³/mol. The smallest absolute Gasteiger partial charge is 0.234 e. The van der Waals surface area contributed by atoms with Crippen LogP contribution in [0.3, 0.4) is 0 Å². The maximum atomic E-state index is 12.9. The molecule has 88 valence electrons. The zero-order valence-corrected chi connectivity index (χ0v) is 9.13. The highest BCUT2D eigenvalue weighted by Gasteiger charge is 2.14. The molecule has 0 aliphatic carbocycles. The van der Waals surface area contributed by atoms with Crippen LogP contribution in [0.15, 0.2) is 18.2 Å². The number of carbonyl (C=O) groups is 1. The molecule has 0 unspecified atom stereocenters. The molecular weight excluding hydrogens is 214 g/mol. The number of benzene rings is 1. The van der Waals surface area contributed by atoms with Crippen molar-refractivity contribution in [3.05, 3.63) is 35.4 Å². The van der Waals surface area contributed by atoms with Crippen LogP contribution >= 0.6 is 0 Å². The van der Waals surface area contributed by atoms with Crippen LogP contribution in [-0.2, 0) is 4.79 Å². The Morgan fingerprint density at radius 2 is 1.94 bits per heavy atom. The van der Waals surface area contributed by atoms with Gasteiger partial charge in [0.2, 0.25) is 5.91 Å². The lowest BCUT2D eigenvalue weighted by atomic mass is 10.1. The largest absolute Gasteiger partial charge is 0.368 e. The highest BCUT2D eigenvalue weighted by molar-refractivity contribution is 5.79. The molecule has 1 rings (SSSR count). The first-order chi connectivity index (χ1) is 7.41. The molecule has 0 aliphatic heterocycles. The van der Waals surface area contributed by atoms with E-state index in [1.807, 2.05) is 0 Å². The molecule has 0 saturated heterocycles. The topological polar surface area (TPSA) is 55.1 Å². The summed E-state index contributed by atoms with van der Waals surface area (Å²) in [5.41, 5.74) is 5.64. The van der Waals surface area contributed by atoms with E-state index >= 15 is 0 Å². The Labute approximate surface area is 92.6 Å². The molecule has 0 fully saturated rings. The van der Waals surface area contributed by atoms with Gasteiger partial charge in [0.25, 0.3) is 0 Å². The van der Waals surface area contributed by atoms with E-state index in [0.717, 1.165) is 12.1 Å². The second kappa shape index (κ2) is 5.03. The molecule has 1 amide bonds. The van der Waals surface area contributed by atoms with E-state index < -0.39 is 23.6 Å². The van der Waals surface area contributed by atoms with Crippen molar-refractivity contribution in [1.29, 1.82) is 0 Å². The number of rotatable bonds is 4. The Hall–Kier alpha value is -1.49. The number of amides is 1. The third kappa shape index (κ3) is 3.00. The number of nitrogens with one attached hydrogen (secondary N) is 1. The van der Waals surface area contributed by atoms with E-state index in [2.05, 4.69) is 5.32 Å². The van der Waals surface area contributed by atoms with Gasteiger partial charge >= 0.3 is 0 Å². The lowest BCUT2D eigenvalue weighted by Gasteiger charge is -2.18. The zero-order chi connectivity index (χ0) is 12.3. The molecule has 2 atom stereocenters. The van der Waals surface area contributed by atoms with Gasteiger partial charge in [-0.3, -0.25) is 10.1 Å². The summed E-state index contributed by atoms with van der Waals surface area (Å²) in [6.45, 7) is 3.35. The van der Waals surface area contributed by atoms with Crippen LogP contribution in [0.5, 0.6) is 0 Å². The number of hydrogen-bond donors (Lipinski definition) is 2. The molecule has 3 N–H and O–H groups in total. The van der Waals surface area contributed by atoms with Crippen LogP contribution in [0.25, 0.3) is 0 Å². The molecule has 1 aromatic rings. The summed E-state index contributed by atoms with van der Waals surface area (Å²) < 4.78 is 25.6. The lowest BCUT2D eigenvalue weighted by Crippen LogP contribution is -2.40. The van der Waals surface area contributed by atoms with Gasteiger partial charge in [-0.05, 0) is 31.5 Å². The molecule has 1 aromatic carbocycles. The maximum Gasteiger partial charge on any atom is 0.234 e. The van der Waals surface area contributed by atoms with Crippen LogP contribution in [0, 0.1) is 11.6 Å². The van der Waals surface area contributed by atoms with E-state index in [9.17, 15) is 13.6 Å². The molecule has 0 saturated carbocycles. The lowest BCUT2D eigenvalue weighted by molar-refractivity contribution is -0.119. The van der Waals surface area contributed by atoms with Gasteiger partial charge in [-0.2, -0.15) is 0 Å². The van der Waals surface area contributed by atoms with Gasteiger partial charge < -0.3 is 5.73 Å². The summed E-state index contributed by atoms with van der Waals surface area (Å²) in [6, 6.07) is 2.81. The molecule has 0 heterocycles. The van der Waals surface area contributed by atoms with Gasteiger partial charge in [-0.15, -0.1) is 0 Å². The van der Waals surface area contributed by atoms with Crippen molar-refractivity contribution in [1.82, 2.24) is 5.32 Å². The minimum absolute atomic E-state index is 0.280. The van der Waals surface area contributed by atoms with Gasteiger partial charge in [0, 0.05) is 6.04 Å². The first-order valence-electron chi connectivity index (χ1n) is 4.92. The molecule has 16 heavy (non-hydrogen) atoms. The molecule has 0 bridgehead atoms. The van der Waals surface area contributed by atoms with Crippen molar-refractivity contribution >= 4 is 5.91 Å². The Balaban J connectivity index is 2.76. The quantitative estimate of drug-likeness (QED) is 0.820. The number of hydrogen-bond acceptors (Lipinski definition) is 2. The highest BCUT2D eigenvalue weighted by atomic mass is 19.2. The molecular formula is C11H14F2N2O. The van der Waals surface area contributed by atoms with E-state index in [0.29, 0.717) is 5.56 Å². The minimum atomic E-state index is -0.905. The SMILES string of the molecule is C[C@H](N[C@@H](C)c1ccc(F)c(F)c1)C(N)=O. The number of primary amides is 1. The van der Waals surface area contributed by atoms with Gasteiger partial charge in [-0.1, -0.05) is 6.07 Å². The van der Waals surface area contributed by atoms with Crippen LogP contribution in [0.1, 0.15) is 25.5 Å². The van der Waals surface area contributed by atoms with Crippen molar-refractivity contribution in [3.63, 3.8) is 0 Å². The number of halogens is 2. The van der Waals surface area contributed by atoms with Gasteiger partial charge in [-0.25, -0.2) is 8.78 Å². The summed E-state index contributed by atoms with van der Waals surface area (Å²) in [5, 5.41) is 2.88. The summed E-state index contributed by atoms with van der Waals surface area (Å²) in [4.78, 5) is 10.8. The summed E-state index contributed by atoms with van der Waals surface area (Å²) in [7, 11) is 0. The van der Waals surface area contributed by atoms with Crippen LogP contribution in [0.2, 0.25) is 0 Å². The fourth-order valence-corrected chi connectivity index (χ4v) is 1.34. The molecule has 3 nitrogen and oxygen atoms in total. The number of carbonyl (C=O) groups excluding carboxylic acids is 1. The Kier molecular flexibility index (Phi) is 3.95. The second-order valence-electron chi connectivity index (χ2n) is 3.69. The van der Waals surface area contributed by atoms with Crippen LogP contribution in [-0.4, -0.2) is 11.9 Å². The van der Waals surface area contributed by atoms with Crippen molar-refractivity contribution in [2.24, 2.45) is 5.73 Å². The molecule has 0 aromatic heterocycles. The Morgan fingerprint density at radius 1 is 1.31 bits per heavy atom. The summed E-state index contributed by atoms with van der Waals surface area (Å²) >= 11 is 0. The molecule has 5 heteroatoms.